The summed E-state index contributed by atoms with van der Waals surface area (Å²) in [6.07, 6.45) is 13.0. The molecule has 0 aromatic carbocycles. The number of hydrogen-bond acceptors (Lipinski definition) is 2. The summed E-state index contributed by atoms with van der Waals surface area (Å²) in [6, 6.07) is 0. The lowest BCUT2D eigenvalue weighted by Gasteiger charge is -2.30. The molecular weight excluding hydrogens is 248 g/mol. The molecule has 2 nitrogen and oxygen atoms in total. The van der Waals surface area contributed by atoms with Crippen LogP contribution in [0.3, 0.4) is 0 Å². The zero-order valence-corrected chi connectivity index (χ0v) is 14.6. The van der Waals surface area contributed by atoms with Crippen molar-refractivity contribution in [2.24, 2.45) is 0 Å². The Hall–Kier alpha value is -0.0800. The van der Waals surface area contributed by atoms with Crippen LogP contribution in [0.15, 0.2) is 0 Å². The number of hydrogen-bond donors (Lipinski definition) is 0. The van der Waals surface area contributed by atoms with Gasteiger partial charge in [-0.05, 0) is 32.1 Å². The van der Waals surface area contributed by atoms with Crippen molar-refractivity contribution in [1.82, 2.24) is 0 Å². The van der Waals surface area contributed by atoms with Gasteiger partial charge in [0.05, 0.1) is 12.2 Å². The van der Waals surface area contributed by atoms with Crippen LogP contribution in [0.2, 0.25) is 0 Å². The molecule has 0 amide bonds. The molecule has 0 aromatic rings. The maximum absolute atomic E-state index is 6.19. The third-order valence-electron chi connectivity index (χ3n) is 3.83. The molecule has 1 fully saturated rings. The Balaban J connectivity index is 0.00000172. The summed E-state index contributed by atoms with van der Waals surface area (Å²) in [6.45, 7) is 10.6. The predicted octanol–water partition coefficient (Wildman–Crippen LogP) is 6.08. The SMILES string of the molecule is CC.CCCC(CC)OC(CCC)OC1CCCCC1. The quantitative estimate of drug-likeness (QED) is 0.478. The van der Waals surface area contributed by atoms with E-state index >= 15 is 0 Å². The van der Waals surface area contributed by atoms with Crippen molar-refractivity contribution < 1.29 is 9.47 Å². The Bertz CT molecular complexity index is 181. The van der Waals surface area contributed by atoms with E-state index in [-0.39, 0.29) is 6.29 Å². The van der Waals surface area contributed by atoms with Crippen LogP contribution in [0.4, 0.5) is 0 Å². The van der Waals surface area contributed by atoms with E-state index < -0.39 is 0 Å². The molecule has 0 bridgehead atoms. The van der Waals surface area contributed by atoms with Gasteiger partial charge in [0.25, 0.3) is 0 Å². The van der Waals surface area contributed by atoms with Crippen LogP contribution >= 0.6 is 0 Å². The lowest BCUT2D eigenvalue weighted by molar-refractivity contribution is -0.203. The minimum absolute atomic E-state index is 0.0367. The topological polar surface area (TPSA) is 18.5 Å². The third kappa shape index (κ3) is 8.97. The van der Waals surface area contributed by atoms with Crippen molar-refractivity contribution in [3.8, 4) is 0 Å². The molecule has 1 saturated carbocycles. The second kappa shape index (κ2) is 13.9. The molecule has 2 atom stereocenters. The molecule has 122 valence electrons. The highest BCUT2D eigenvalue weighted by molar-refractivity contribution is 4.67. The Labute approximate surface area is 127 Å². The first-order valence-electron chi connectivity index (χ1n) is 9.11. The van der Waals surface area contributed by atoms with E-state index in [2.05, 4.69) is 20.8 Å². The number of rotatable bonds is 9. The highest BCUT2D eigenvalue weighted by Gasteiger charge is 2.21. The molecule has 0 saturated heterocycles. The molecule has 1 aliphatic rings. The molecule has 0 aliphatic heterocycles. The summed E-state index contributed by atoms with van der Waals surface area (Å²) in [7, 11) is 0. The molecular formula is C18H38O2. The Morgan fingerprint density at radius 2 is 1.50 bits per heavy atom. The summed E-state index contributed by atoms with van der Waals surface area (Å²) in [5, 5.41) is 0. The maximum atomic E-state index is 6.19. The molecule has 0 aromatic heterocycles. The van der Waals surface area contributed by atoms with E-state index in [4.69, 9.17) is 9.47 Å². The summed E-state index contributed by atoms with van der Waals surface area (Å²) >= 11 is 0. The molecule has 0 N–H and O–H groups in total. The standard InChI is InChI=1S/C16H32O2.C2H6/c1-4-10-14(6-3)17-16(11-5-2)18-15-12-8-7-9-13-15;1-2/h14-16H,4-13H2,1-3H3;1-2H3. The normalized spacial score (nSPS) is 19.1. The highest BCUT2D eigenvalue weighted by atomic mass is 16.7. The summed E-state index contributed by atoms with van der Waals surface area (Å²) in [5.41, 5.74) is 0. The molecule has 20 heavy (non-hydrogen) atoms. The van der Waals surface area contributed by atoms with Crippen molar-refractivity contribution in [2.75, 3.05) is 0 Å². The third-order valence-corrected chi connectivity index (χ3v) is 3.83. The van der Waals surface area contributed by atoms with Gasteiger partial charge in [-0.25, -0.2) is 0 Å². The van der Waals surface area contributed by atoms with Crippen LogP contribution < -0.4 is 0 Å². The first-order chi connectivity index (χ1) is 9.80. The van der Waals surface area contributed by atoms with Gasteiger partial charge in [-0.15, -0.1) is 0 Å². The Morgan fingerprint density at radius 3 is 2.00 bits per heavy atom. The molecule has 1 rings (SSSR count). The fraction of sp³-hybridized carbons (Fsp3) is 1.00. The largest absolute Gasteiger partial charge is 0.349 e. The van der Waals surface area contributed by atoms with Gasteiger partial charge in [0.15, 0.2) is 6.29 Å². The van der Waals surface area contributed by atoms with Crippen LogP contribution in [0.5, 0.6) is 0 Å². The van der Waals surface area contributed by atoms with Gasteiger partial charge in [-0.1, -0.05) is 66.7 Å². The van der Waals surface area contributed by atoms with E-state index in [0.717, 1.165) is 25.7 Å². The minimum Gasteiger partial charge on any atom is -0.349 e. The molecule has 2 heteroatoms. The first-order valence-corrected chi connectivity index (χ1v) is 9.11. The van der Waals surface area contributed by atoms with Gasteiger partial charge < -0.3 is 9.47 Å². The minimum atomic E-state index is 0.0367. The zero-order chi connectivity index (χ0) is 15.2. The van der Waals surface area contributed by atoms with Gasteiger partial charge in [-0.3, -0.25) is 0 Å². The fourth-order valence-corrected chi connectivity index (χ4v) is 2.72. The summed E-state index contributed by atoms with van der Waals surface area (Å²) < 4.78 is 12.3. The van der Waals surface area contributed by atoms with E-state index in [1.54, 1.807) is 0 Å². The van der Waals surface area contributed by atoms with Crippen LogP contribution in [-0.4, -0.2) is 18.5 Å². The average molecular weight is 287 g/mol. The molecule has 1 aliphatic carbocycles. The summed E-state index contributed by atoms with van der Waals surface area (Å²) in [4.78, 5) is 0. The lowest BCUT2D eigenvalue weighted by Crippen LogP contribution is -2.30. The van der Waals surface area contributed by atoms with Crippen LogP contribution in [-0.2, 0) is 9.47 Å². The van der Waals surface area contributed by atoms with Gasteiger partial charge in [-0.2, -0.15) is 0 Å². The van der Waals surface area contributed by atoms with Crippen LogP contribution in [0.1, 0.15) is 98.8 Å². The molecule has 0 spiro atoms. The maximum Gasteiger partial charge on any atom is 0.158 e. The van der Waals surface area contributed by atoms with E-state index in [0.29, 0.717) is 12.2 Å². The Kier molecular flexibility index (Phi) is 13.8. The average Bonchev–Trinajstić information content (AvgIpc) is 2.50. The highest BCUT2D eigenvalue weighted by Crippen LogP contribution is 2.24. The predicted molar refractivity (Wildman–Crippen MR) is 88.1 cm³/mol. The summed E-state index contributed by atoms with van der Waals surface area (Å²) in [5.74, 6) is 0. The lowest BCUT2D eigenvalue weighted by atomic mass is 9.98. The molecule has 0 radical (unpaired) electrons. The van der Waals surface area contributed by atoms with E-state index in [1.807, 2.05) is 13.8 Å². The number of ether oxygens (including phenoxy) is 2. The van der Waals surface area contributed by atoms with Crippen molar-refractivity contribution in [1.29, 1.82) is 0 Å². The second-order valence-electron chi connectivity index (χ2n) is 5.57. The fourth-order valence-electron chi connectivity index (χ4n) is 2.72. The molecule has 0 heterocycles. The Morgan fingerprint density at radius 1 is 0.900 bits per heavy atom. The van der Waals surface area contributed by atoms with E-state index in [1.165, 1.54) is 38.5 Å². The molecule has 2 unspecified atom stereocenters. The second-order valence-corrected chi connectivity index (χ2v) is 5.57. The van der Waals surface area contributed by atoms with Gasteiger partial charge in [0.1, 0.15) is 0 Å². The van der Waals surface area contributed by atoms with Gasteiger partial charge >= 0.3 is 0 Å². The van der Waals surface area contributed by atoms with Crippen LogP contribution in [0, 0.1) is 0 Å². The van der Waals surface area contributed by atoms with Crippen molar-refractivity contribution in [2.45, 2.75) is 117 Å². The monoisotopic (exact) mass is 286 g/mol. The first kappa shape index (κ1) is 19.9. The van der Waals surface area contributed by atoms with Crippen LogP contribution in [0.25, 0.3) is 0 Å². The smallest absolute Gasteiger partial charge is 0.158 e. The van der Waals surface area contributed by atoms with Gasteiger partial charge in [0.2, 0.25) is 0 Å². The van der Waals surface area contributed by atoms with Crippen molar-refractivity contribution >= 4 is 0 Å². The zero-order valence-electron chi connectivity index (χ0n) is 14.6. The van der Waals surface area contributed by atoms with E-state index in [9.17, 15) is 0 Å². The van der Waals surface area contributed by atoms with Gasteiger partial charge in [0, 0.05) is 0 Å². The van der Waals surface area contributed by atoms with Crippen molar-refractivity contribution in [3.63, 3.8) is 0 Å². The van der Waals surface area contributed by atoms with Crippen molar-refractivity contribution in [3.05, 3.63) is 0 Å².